The Morgan fingerprint density at radius 1 is 1.29 bits per heavy atom. The van der Waals surface area contributed by atoms with Crippen LogP contribution >= 0.6 is 0 Å². The molecule has 1 aliphatic rings. The molecular formula is C12H16FN. The van der Waals surface area contributed by atoms with E-state index >= 15 is 0 Å². The van der Waals surface area contributed by atoms with Crippen LogP contribution in [0.1, 0.15) is 24.0 Å². The molecule has 76 valence electrons. The van der Waals surface area contributed by atoms with E-state index in [0.29, 0.717) is 0 Å². The minimum absolute atomic E-state index is 0.132. The highest BCUT2D eigenvalue weighted by atomic mass is 19.1. The van der Waals surface area contributed by atoms with Crippen molar-refractivity contribution in [1.82, 2.24) is 4.90 Å². The summed E-state index contributed by atoms with van der Waals surface area (Å²) < 4.78 is 12.8. The highest BCUT2D eigenvalue weighted by molar-refractivity contribution is 5.26. The van der Waals surface area contributed by atoms with Crippen molar-refractivity contribution in [3.8, 4) is 0 Å². The van der Waals surface area contributed by atoms with Crippen molar-refractivity contribution >= 4 is 0 Å². The molecule has 0 bridgehead atoms. The third-order valence-corrected chi connectivity index (χ3v) is 2.90. The molecule has 0 aliphatic carbocycles. The van der Waals surface area contributed by atoms with E-state index in [2.05, 4.69) is 4.90 Å². The lowest BCUT2D eigenvalue weighted by Crippen LogP contribution is -2.18. The molecule has 0 radical (unpaired) electrons. The molecule has 2 rings (SSSR count). The summed E-state index contributed by atoms with van der Waals surface area (Å²) in [7, 11) is 0. The quantitative estimate of drug-likeness (QED) is 0.698. The van der Waals surface area contributed by atoms with Crippen LogP contribution in [0.25, 0.3) is 0 Å². The van der Waals surface area contributed by atoms with Crippen LogP contribution in [-0.2, 0) is 6.54 Å². The van der Waals surface area contributed by atoms with Gasteiger partial charge in [0.1, 0.15) is 5.82 Å². The number of halogens is 1. The summed E-state index contributed by atoms with van der Waals surface area (Å²) in [5.41, 5.74) is 2.32. The molecule has 1 aliphatic heterocycles. The predicted octanol–water partition coefficient (Wildman–Crippen LogP) is 2.73. The molecule has 2 heteroatoms. The first-order chi connectivity index (χ1) is 6.75. The normalized spacial score (nSPS) is 17.6. The van der Waals surface area contributed by atoms with Gasteiger partial charge >= 0.3 is 0 Å². The Bertz CT molecular complexity index is 316. The lowest BCUT2D eigenvalue weighted by Gasteiger charge is -2.16. The minimum Gasteiger partial charge on any atom is -0.299 e. The summed E-state index contributed by atoms with van der Waals surface area (Å²) in [6.45, 7) is 5.34. The van der Waals surface area contributed by atoms with Crippen molar-refractivity contribution in [3.05, 3.63) is 35.1 Å². The van der Waals surface area contributed by atoms with E-state index in [0.717, 1.165) is 12.1 Å². The van der Waals surface area contributed by atoms with Crippen molar-refractivity contribution < 1.29 is 4.39 Å². The summed E-state index contributed by atoms with van der Waals surface area (Å²) in [6.07, 6.45) is 2.61. The van der Waals surface area contributed by atoms with Gasteiger partial charge in [-0.3, -0.25) is 4.90 Å². The van der Waals surface area contributed by atoms with Gasteiger partial charge in [0.05, 0.1) is 0 Å². The molecule has 1 saturated heterocycles. The largest absolute Gasteiger partial charge is 0.299 e. The van der Waals surface area contributed by atoms with Crippen molar-refractivity contribution in [1.29, 1.82) is 0 Å². The summed E-state index contributed by atoms with van der Waals surface area (Å²) >= 11 is 0. The summed E-state index contributed by atoms with van der Waals surface area (Å²) in [4.78, 5) is 2.43. The number of likely N-dealkylation sites (tertiary alicyclic amines) is 1. The van der Waals surface area contributed by atoms with E-state index in [4.69, 9.17) is 0 Å². The van der Waals surface area contributed by atoms with Crippen LogP contribution in [-0.4, -0.2) is 18.0 Å². The first-order valence-corrected chi connectivity index (χ1v) is 5.23. The number of nitrogens with zero attached hydrogens (tertiary/aromatic N) is 1. The molecule has 0 amide bonds. The van der Waals surface area contributed by atoms with Crippen LogP contribution in [0.4, 0.5) is 4.39 Å². The number of benzene rings is 1. The predicted molar refractivity (Wildman–Crippen MR) is 55.6 cm³/mol. The van der Waals surface area contributed by atoms with Gasteiger partial charge in [-0.15, -0.1) is 0 Å². The smallest absolute Gasteiger partial charge is 0.123 e. The van der Waals surface area contributed by atoms with Crippen LogP contribution in [0.15, 0.2) is 18.2 Å². The average molecular weight is 193 g/mol. The molecule has 0 N–H and O–H groups in total. The van der Waals surface area contributed by atoms with Crippen LogP contribution in [0.2, 0.25) is 0 Å². The molecule has 1 fully saturated rings. The van der Waals surface area contributed by atoms with Crippen molar-refractivity contribution in [2.75, 3.05) is 13.1 Å². The van der Waals surface area contributed by atoms with Gasteiger partial charge in [0.2, 0.25) is 0 Å². The SMILES string of the molecule is Cc1cc(F)ccc1CN1CCCC1. The summed E-state index contributed by atoms with van der Waals surface area (Å²) in [5, 5.41) is 0. The van der Waals surface area contributed by atoms with Crippen LogP contribution in [0, 0.1) is 12.7 Å². The topological polar surface area (TPSA) is 3.24 Å². The third kappa shape index (κ3) is 2.13. The zero-order valence-corrected chi connectivity index (χ0v) is 8.59. The first-order valence-electron chi connectivity index (χ1n) is 5.23. The lowest BCUT2D eigenvalue weighted by atomic mass is 10.1. The van der Waals surface area contributed by atoms with Crippen molar-refractivity contribution in [2.45, 2.75) is 26.3 Å². The third-order valence-electron chi connectivity index (χ3n) is 2.90. The van der Waals surface area contributed by atoms with Crippen LogP contribution in [0.3, 0.4) is 0 Å². The Hall–Kier alpha value is -0.890. The fourth-order valence-corrected chi connectivity index (χ4v) is 2.02. The van der Waals surface area contributed by atoms with Gasteiger partial charge in [-0.05, 0) is 56.1 Å². The molecule has 1 aromatic carbocycles. The maximum Gasteiger partial charge on any atom is 0.123 e. The first kappa shape index (κ1) is 9.66. The van der Waals surface area contributed by atoms with E-state index in [1.54, 1.807) is 12.1 Å². The second-order valence-corrected chi connectivity index (χ2v) is 4.05. The maximum atomic E-state index is 12.8. The van der Waals surface area contributed by atoms with Crippen LogP contribution in [0.5, 0.6) is 0 Å². The summed E-state index contributed by atoms with van der Waals surface area (Å²) in [6, 6.07) is 5.08. The second kappa shape index (κ2) is 4.09. The van der Waals surface area contributed by atoms with Gasteiger partial charge in [0.15, 0.2) is 0 Å². The molecule has 1 nitrogen and oxygen atoms in total. The number of hydrogen-bond donors (Lipinski definition) is 0. The number of aryl methyl sites for hydroxylation is 1. The Morgan fingerprint density at radius 2 is 2.00 bits per heavy atom. The Morgan fingerprint density at radius 3 is 2.64 bits per heavy atom. The fourth-order valence-electron chi connectivity index (χ4n) is 2.02. The standard InChI is InChI=1S/C12H16FN/c1-10-8-12(13)5-4-11(10)9-14-6-2-3-7-14/h4-5,8H,2-3,6-7,9H2,1H3. The zero-order valence-electron chi connectivity index (χ0n) is 8.59. The van der Waals surface area contributed by atoms with Gasteiger partial charge in [-0.25, -0.2) is 4.39 Å². The summed E-state index contributed by atoms with van der Waals surface area (Å²) in [5.74, 6) is -0.132. The zero-order chi connectivity index (χ0) is 9.97. The number of hydrogen-bond acceptors (Lipinski definition) is 1. The van der Waals surface area contributed by atoms with Gasteiger partial charge in [0, 0.05) is 6.54 Å². The minimum atomic E-state index is -0.132. The van der Waals surface area contributed by atoms with E-state index in [1.165, 1.54) is 31.5 Å². The Balaban J connectivity index is 2.08. The fraction of sp³-hybridized carbons (Fsp3) is 0.500. The maximum absolute atomic E-state index is 12.8. The molecule has 1 heterocycles. The Labute approximate surface area is 84.5 Å². The van der Waals surface area contributed by atoms with Gasteiger partial charge in [0.25, 0.3) is 0 Å². The number of rotatable bonds is 2. The second-order valence-electron chi connectivity index (χ2n) is 4.05. The van der Waals surface area contributed by atoms with Crippen molar-refractivity contribution in [3.63, 3.8) is 0 Å². The van der Waals surface area contributed by atoms with E-state index < -0.39 is 0 Å². The molecule has 0 aromatic heterocycles. The molecule has 14 heavy (non-hydrogen) atoms. The van der Waals surface area contributed by atoms with Gasteiger partial charge in [-0.2, -0.15) is 0 Å². The van der Waals surface area contributed by atoms with Crippen LogP contribution < -0.4 is 0 Å². The molecule has 0 saturated carbocycles. The van der Waals surface area contributed by atoms with E-state index in [9.17, 15) is 4.39 Å². The molecule has 0 spiro atoms. The monoisotopic (exact) mass is 193 g/mol. The van der Waals surface area contributed by atoms with E-state index in [-0.39, 0.29) is 5.82 Å². The molecule has 0 unspecified atom stereocenters. The highest BCUT2D eigenvalue weighted by Crippen LogP contribution is 2.16. The molecular weight excluding hydrogens is 177 g/mol. The lowest BCUT2D eigenvalue weighted by molar-refractivity contribution is 0.330. The molecule has 1 aromatic rings. The van der Waals surface area contributed by atoms with E-state index in [1.807, 2.05) is 13.0 Å². The van der Waals surface area contributed by atoms with Gasteiger partial charge in [-0.1, -0.05) is 6.07 Å². The van der Waals surface area contributed by atoms with Gasteiger partial charge < -0.3 is 0 Å². The average Bonchev–Trinajstić information content (AvgIpc) is 2.62. The Kier molecular flexibility index (Phi) is 2.82. The molecule has 0 atom stereocenters. The highest BCUT2D eigenvalue weighted by Gasteiger charge is 2.12. The van der Waals surface area contributed by atoms with Crippen molar-refractivity contribution in [2.24, 2.45) is 0 Å².